The third kappa shape index (κ3) is 6.13. The summed E-state index contributed by atoms with van der Waals surface area (Å²) >= 11 is 0. The molecular weight excluding hydrogens is 430 g/mol. The van der Waals surface area contributed by atoms with Crippen LogP contribution in [0.5, 0.6) is 0 Å². The van der Waals surface area contributed by atoms with Gasteiger partial charge in [0.15, 0.2) is 5.03 Å². The lowest BCUT2D eigenvalue weighted by atomic mass is 10.0. The molecule has 0 radical (unpaired) electrons. The van der Waals surface area contributed by atoms with Gasteiger partial charge in [-0.2, -0.15) is 4.31 Å². The molecule has 1 saturated heterocycles. The maximum absolute atomic E-state index is 13.2. The van der Waals surface area contributed by atoms with E-state index in [1.807, 2.05) is 0 Å². The summed E-state index contributed by atoms with van der Waals surface area (Å²) in [5.74, 6) is 0.489. The van der Waals surface area contributed by atoms with Crippen LogP contribution in [0.2, 0.25) is 0 Å². The van der Waals surface area contributed by atoms with Gasteiger partial charge in [-0.1, -0.05) is 44.2 Å². The summed E-state index contributed by atoms with van der Waals surface area (Å²) in [6.45, 7) is 5.54. The van der Waals surface area contributed by atoms with Gasteiger partial charge in [0, 0.05) is 19.3 Å². The van der Waals surface area contributed by atoms with E-state index >= 15 is 0 Å². The smallest absolute Gasteiger partial charge is 0.260 e. The number of hydrogen-bond donors (Lipinski definition) is 1. The van der Waals surface area contributed by atoms with Gasteiger partial charge in [-0.25, -0.2) is 18.5 Å². The van der Waals surface area contributed by atoms with Crippen molar-refractivity contribution in [3.05, 3.63) is 59.3 Å². The molecule has 8 nitrogen and oxygen atoms in total. The Bertz CT molecular complexity index is 987. The van der Waals surface area contributed by atoms with E-state index in [4.69, 9.17) is 4.74 Å². The highest BCUT2D eigenvalue weighted by atomic mass is 32.2. The second kappa shape index (κ2) is 11.0. The molecule has 2 aromatic rings. The van der Waals surface area contributed by atoms with Crippen molar-refractivity contribution < 1.29 is 23.2 Å². The van der Waals surface area contributed by atoms with Crippen molar-refractivity contribution in [2.75, 3.05) is 19.6 Å². The Kier molecular flexibility index (Phi) is 8.36. The van der Waals surface area contributed by atoms with Gasteiger partial charge in [0.1, 0.15) is 0 Å². The summed E-state index contributed by atoms with van der Waals surface area (Å²) in [6, 6.07) is 11.7. The van der Waals surface area contributed by atoms with Gasteiger partial charge in [-0.05, 0) is 47.9 Å². The molecule has 1 amide bonds. The third-order valence-corrected chi connectivity index (χ3v) is 7.60. The standard InChI is InChI=1S/C23H31N3O5S/c1-18(2)20-7-5-19(6-8-20)16-31-22-10-14-26(15-11-22)32(29,30)23-21(4-3-12-24-23)9-13-25(28)17-27/h3-8,12,17-18,22,28H,9-11,13-16H2,1-2H3. The van der Waals surface area contributed by atoms with E-state index in [1.165, 1.54) is 16.1 Å². The molecule has 0 saturated carbocycles. The quantitative estimate of drug-likeness (QED) is 0.332. The number of ether oxygens (including phenoxy) is 1. The van der Waals surface area contributed by atoms with Crippen molar-refractivity contribution in [2.24, 2.45) is 0 Å². The second-order valence-electron chi connectivity index (χ2n) is 8.30. The zero-order chi connectivity index (χ0) is 23.1. The first-order chi connectivity index (χ1) is 15.3. The lowest BCUT2D eigenvalue weighted by molar-refractivity contribution is -0.149. The number of sulfonamides is 1. The number of carbonyl (C=O) groups is 1. The third-order valence-electron chi connectivity index (χ3n) is 5.70. The summed E-state index contributed by atoms with van der Waals surface area (Å²) in [4.78, 5) is 14.7. The van der Waals surface area contributed by atoms with Gasteiger partial charge >= 0.3 is 0 Å². The number of nitrogens with zero attached hydrogens (tertiary/aromatic N) is 3. The van der Waals surface area contributed by atoms with Crippen LogP contribution in [0, 0.1) is 0 Å². The predicted molar refractivity (Wildman–Crippen MR) is 120 cm³/mol. The van der Waals surface area contributed by atoms with Crippen LogP contribution in [-0.4, -0.2) is 60.1 Å². The number of pyridine rings is 1. The SMILES string of the molecule is CC(C)c1ccc(COC2CCN(S(=O)(=O)c3ncccc3CCN(O)C=O)CC2)cc1. The van der Waals surface area contributed by atoms with E-state index in [2.05, 4.69) is 43.1 Å². The van der Waals surface area contributed by atoms with Crippen molar-refractivity contribution >= 4 is 16.4 Å². The second-order valence-corrected chi connectivity index (χ2v) is 10.2. The number of benzene rings is 1. The molecule has 1 aromatic heterocycles. The minimum absolute atomic E-state index is 0.00460. The zero-order valence-corrected chi connectivity index (χ0v) is 19.4. The molecular formula is C23H31N3O5S. The van der Waals surface area contributed by atoms with E-state index in [9.17, 15) is 18.4 Å². The topological polar surface area (TPSA) is 100 Å². The van der Waals surface area contributed by atoms with Crippen LogP contribution in [0.4, 0.5) is 0 Å². The predicted octanol–water partition coefficient (Wildman–Crippen LogP) is 2.97. The molecule has 1 aromatic carbocycles. The number of piperidine rings is 1. The number of rotatable bonds is 10. The molecule has 1 aliphatic heterocycles. The Morgan fingerprint density at radius 3 is 2.53 bits per heavy atom. The van der Waals surface area contributed by atoms with Gasteiger partial charge in [0.25, 0.3) is 10.0 Å². The van der Waals surface area contributed by atoms with E-state index < -0.39 is 10.0 Å². The molecule has 1 fully saturated rings. The minimum Gasteiger partial charge on any atom is -0.373 e. The fourth-order valence-corrected chi connectivity index (χ4v) is 5.34. The molecule has 174 valence electrons. The Morgan fingerprint density at radius 2 is 1.91 bits per heavy atom. The summed E-state index contributed by atoms with van der Waals surface area (Å²) in [6.07, 6.45) is 3.14. The Labute approximate surface area is 189 Å². The van der Waals surface area contributed by atoms with E-state index in [0.717, 1.165) is 5.56 Å². The van der Waals surface area contributed by atoms with Crippen LogP contribution in [0.15, 0.2) is 47.6 Å². The molecule has 3 rings (SSSR count). The maximum Gasteiger partial charge on any atom is 0.260 e. The van der Waals surface area contributed by atoms with Crippen LogP contribution in [0.25, 0.3) is 0 Å². The van der Waals surface area contributed by atoms with E-state index in [-0.39, 0.29) is 30.5 Å². The first kappa shape index (κ1) is 24.3. The van der Waals surface area contributed by atoms with Crippen LogP contribution >= 0.6 is 0 Å². The highest BCUT2D eigenvalue weighted by molar-refractivity contribution is 7.89. The lowest BCUT2D eigenvalue weighted by Gasteiger charge is -2.31. The highest BCUT2D eigenvalue weighted by Crippen LogP contribution is 2.24. The first-order valence-electron chi connectivity index (χ1n) is 10.9. The normalized spacial score (nSPS) is 15.8. The van der Waals surface area contributed by atoms with Crippen LogP contribution in [0.3, 0.4) is 0 Å². The first-order valence-corrected chi connectivity index (χ1v) is 12.3. The van der Waals surface area contributed by atoms with Gasteiger partial charge in [0.2, 0.25) is 6.41 Å². The number of hydroxylamine groups is 2. The van der Waals surface area contributed by atoms with Gasteiger partial charge in [0.05, 0.1) is 19.3 Å². The monoisotopic (exact) mass is 461 g/mol. The molecule has 0 spiro atoms. The van der Waals surface area contributed by atoms with Gasteiger partial charge in [-0.3, -0.25) is 10.0 Å². The number of aromatic nitrogens is 1. The molecule has 0 atom stereocenters. The molecule has 1 N–H and O–H groups in total. The summed E-state index contributed by atoms with van der Waals surface area (Å²) in [7, 11) is -3.77. The largest absolute Gasteiger partial charge is 0.373 e. The minimum atomic E-state index is -3.77. The van der Waals surface area contributed by atoms with Crippen molar-refractivity contribution in [3.8, 4) is 0 Å². The van der Waals surface area contributed by atoms with Crippen LogP contribution in [-0.2, 0) is 32.6 Å². The maximum atomic E-state index is 13.2. The van der Waals surface area contributed by atoms with E-state index in [1.54, 1.807) is 12.1 Å². The van der Waals surface area contributed by atoms with Crippen molar-refractivity contribution in [2.45, 2.75) is 56.8 Å². The molecule has 2 heterocycles. The number of amides is 1. The molecule has 0 aliphatic carbocycles. The Balaban J connectivity index is 1.57. The van der Waals surface area contributed by atoms with Crippen molar-refractivity contribution in [3.63, 3.8) is 0 Å². The number of hydrogen-bond acceptors (Lipinski definition) is 6. The fourth-order valence-electron chi connectivity index (χ4n) is 3.71. The van der Waals surface area contributed by atoms with Crippen LogP contribution < -0.4 is 0 Å². The van der Waals surface area contributed by atoms with Crippen LogP contribution in [0.1, 0.15) is 49.3 Å². The highest BCUT2D eigenvalue weighted by Gasteiger charge is 2.32. The molecule has 9 heteroatoms. The Morgan fingerprint density at radius 1 is 1.22 bits per heavy atom. The fraction of sp³-hybridized carbons (Fsp3) is 0.478. The molecule has 0 unspecified atom stereocenters. The van der Waals surface area contributed by atoms with E-state index in [0.29, 0.717) is 49.1 Å². The molecule has 0 bridgehead atoms. The van der Waals surface area contributed by atoms with Gasteiger partial charge < -0.3 is 4.74 Å². The Hall–Kier alpha value is -2.33. The zero-order valence-electron chi connectivity index (χ0n) is 18.6. The number of carbonyl (C=O) groups excluding carboxylic acids is 1. The molecule has 32 heavy (non-hydrogen) atoms. The lowest BCUT2D eigenvalue weighted by Crippen LogP contribution is -2.41. The molecule has 1 aliphatic rings. The van der Waals surface area contributed by atoms with Gasteiger partial charge in [-0.15, -0.1) is 0 Å². The summed E-state index contributed by atoms with van der Waals surface area (Å²) < 4.78 is 33.8. The van der Waals surface area contributed by atoms with Crippen molar-refractivity contribution in [1.82, 2.24) is 14.4 Å². The average molecular weight is 462 g/mol. The van der Waals surface area contributed by atoms with Crippen molar-refractivity contribution in [1.29, 1.82) is 0 Å². The summed E-state index contributed by atoms with van der Waals surface area (Å²) in [5, 5.41) is 9.80. The average Bonchev–Trinajstić information content (AvgIpc) is 2.81. The summed E-state index contributed by atoms with van der Waals surface area (Å²) in [5.41, 5.74) is 2.87.